The number of methoxy groups -OCH3 is 2. The molecule has 2 heterocycles. The summed E-state index contributed by atoms with van der Waals surface area (Å²) in [4.78, 5) is 0. The van der Waals surface area contributed by atoms with E-state index in [2.05, 4.69) is 25.7 Å². The number of rotatable bonds is 18. The first-order valence-electron chi connectivity index (χ1n) is 18.5. The Morgan fingerprint density at radius 3 is 1.69 bits per heavy atom. The highest BCUT2D eigenvalue weighted by Gasteiger charge is 2.44. The Kier molecular flexibility index (Phi) is 18.6. The SMILES string of the molecule is CCC[C@@H]1OC(C)(C)OC1C(O)/C=C\CCOCc1ccc(OC)cc1.CCC[C@@H]1OC(C)(C)OC1C(O)C#CCCOCc1ccc(OC)cc1. The van der Waals surface area contributed by atoms with Crippen LogP contribution in [0.5, 0.6) is 11.5 Å². The third-order valence-electron chi connectivity index (χ3n) is 8.48. The zero-order valence-corrected chi connectivity index (χ0v) is 32.5. The van der Waals surface area contributed by atoms with Crippen molar-refractivity contribution < 1.29 is 48.1 Å². The molecule has 0 spiro atoms. The van der Waals surface area contributed by atoms with Crippen molar-refractivity contribution in [2.75, 3.05) is 27.4 Å². The Labute approximate surface area is 311 Å². The summed E-state index contributed by atoms with van der Waals surface area (Å²) in [6.45, 7) is 13.9. The lowest BCUT2D eigenvalue weighted by molar-refractivity contribution is -0.153. The van der Waals surface area contributed by atoms with Gasteiger partial charge in [0.2, 0.25) is 0 Å². The van der Waals surface area contributed by atoms with Gasteiger partial charge in [-0.05, 0) is 82.3 Å². The molecular weight excluding hydrogens is 664 g/mol. The van der Waals surface area contributed by atoms with Crippen LogP contribution < -0.4 is 9.47 Å². The molecule has 2 aliphatic heterocycles. The Balaban J connectivity index is 0.000000280. The van der Waals surface area contributed by atoms with Gasteiger partial charge in [-0.1, -0.05) is 74.9 Å². The van der Waals surface area contributed by atoms with Crippen LogP contribution in [0.3, 0.4) is 0 Å². The van der Waals surface area contributed by atoms with Crippen LogP contribution >= 0.6 is 0 Å². The predicted molar refractivity (Wildman–Crippen MR) is 201 cm³/mol. The first-order valence-corrected chi connectivity index (χ1v) is 18.5. The lowest BCUT2D eigenvalue weighted by Crippen LogP contribution is -2.34. The third-order valence-corrected chi connectivity index (χ3v) is 8.48. The van der Waals surface area contributed by atoms with Gasteiger partial charge in [-0.15, -0.1) is 0 Å². The average Bonchev–Trinajstić information content (AvgIpc) is 3.61. The van der Waals surface area contributed by atoms with Crippen LogP contribution in [-0.2, 0) is 41.6 Å². The van der Waals surface area contributed by atoms with Crippen molar-refractivity contribution in [2.45, 2.75) is 141 Å². The van der Waals surface area contributed by atoms with Gasteiger partial charge in [0.15, 0.2) is 11.6 Å². The number of aliphatic hydroxyl groups is 2. The van der Waals surface area contributed by atoms with Crippen molar-refractivity contribution in [1.82, 2.24) is 0 Å². The monoisotopic (exact) mass is 726 g/mol. The van der Waals surface area contributed by atoms with Crippen molar-refractivity contribution in [3.05, 3.63) is 71.8 Å². The first-order chi connectivity index (χ1) is 24.9. The van der Waals surface area contributed by atoms with Gasteiger partial charge in [-0.25, -0.2) is 0 Å². The predicted octanol–water partition coefficient (Wildman–Crippen LogP) is 7.13. The molecule has 0 bridgehead atoms. The van der Waals surface area contributed by atoms with E-state index in [9.17, 15) is 10.2 Å². The van der Waals surface area contributed by atoms with E-state index >= 15 is 0 Å². The molecule has 2 aliphatic rings. The summed E-state index contributed by atoms with van der Waals surface area (Å²) in [5.41, 5.74) is 2.19. The van der Waals surface area contributed by atoms with Gasteiger partial charge >= 0.3 is 0 Å². The largest absolute Gasteiger partial charge is 0.497 e. The second kappa shape index (κ2) is 22.3. The number of hydrogen-bond donors (Lipinski definition) is 2. The lowest BCUT2D eigenvalue weighted by atomic mass is 10.0. The minimum absolute atomic E-state index is 0.0685. The average molecular weight is 727 g/mol. The molecule has 0 amide bonds. The van der Waals surface area contributed by atoms with Gasteiger partial charge in [-0.3, -0.25) is 0 Å². The van der Waals surface area contributed by atoms with Crippen LogP contribution in [0.25, 0.3) is 0 Å². The molecule has 10 nitrogen and oxygen atoms in total. The van der Waals surface area contributed by atoms with E-state index in [4.69, 9.17) is 37.9 Å². The Morgan fingerprint density at radius 2 is 1.19 bits per heavy atom. The maximum absolute atomic E-state index is 10.4. The summed E-state index contributed by atoms with van der Waals surface area (Å²) in [5, 5.41) is 20.7. The summed E-state index contributed by atoms with van der Waals surface area (Å²) < 4.78 is 44.9. The second-order valence-electron chi connectivity index (χ2n) is 13.9. The van der Waals surface area contributed by atoms with Gasteiger partial charge in [0.05, 0.1) is 52.9 Å². The van der Waals surface area contributed by atoms with Gasteiger partial charge in [0, 0.05) is 6.42 Å². The molecule has 2 aromatic rings. The number of ether oxygens (including phenoxy) is 8. The molecule has 6 atom stereocenters. The Bertz CT molecular complexity index is 1360. The topological polar surface area (TPSA) is 114 Å². The van der Waals surface area contributed by atoms with Gasteiger partial charge in [0.1, 0.15) is 35.9 Å². The van der Waals surface area contributed by atoms with Crippen molar-refractivity contribution in [1.29, 1.82) is 0 Å². The summed E-state index contributed by atoms with van der Waals surface area (Å²) in [6, 6.07) is 15.6. The van der Waals surface area contributed by atoms with E-state index in [1.807, 2.05) is 82.3 Å². The molecule has 4 unspecified atom stereocenters. The fourth-order valence-electron chi connectivity index (χ4n) is 6.00. The maximum atomic E-state index is 10.4. The second-order valence-corrected chi connectivity index (χ2v) is 13.9. The molecule has 2 N–H and O–H groups in total. The molecule has 290 valence electrons. The van der Waals surface area contributed by atoms with Crippen LogP contribution in [0.15, 0.2) is 60.7 Å². The van der Waals surface area contributed by atoms with E-state index in [1.165, 1.54) is 0 Å². The van der Waals surface area contributed by atoms with Crippen molar-refractivity contribution in [3.63, 3.8) is 0 Å². The Hall–Kier alpha value is -2.98. The summed E-state index contributed by atoms with van der Waals surface area (Å²) >= 11 is 0. The molecule has 10 heteroatoms. The standard InChI is InChI=1S/C21H32O5.C21H30O5/c2*1-5-8-19-20(26-21(2,3)25-19)18(22)9-6-7-14-24-15-16-10-12-17(23-4)13-11-16/h6,9-13,18-20,22H,5,7-8,14-15H2,1-4H3;10-13,18-20,22H,5,7-8,14-15H2,1-4H3/b9-6-;/t2*18?,19-,20?/m00/s1. The highest BCUT2D eigenvalue weighted by molar-refractivity contribution is 5.27. The van der Waals surface area contributed by atoms with Crippen molar-refractivity contribution >= 4 is 0 Å². The van der Waals surface area contributed by atoms with Crippen molar-refractivity contribution in [2.24, 2.45) is 0 Å². The molecule has 2 fully saturated rings. The van der Waals surface area contributed by atoms with Crippen LogP contribution in [0, 0.1) is 11.8 Å². The van der Waals surface area contributed by atoms with Crippen molar-refractivity contribution in [3.8, 4) is 23.3 Å². The molecule has 0 aliphatic carbocycles. The highest BCUT2D eigenvalue weighted by atomic mass is 16.8. The van der Waals surface area contributed by atoms with Gasteiger partial charge in [0.25, 0.3) is 0 Å². The zero-order valence-electron chi connectivity index (χ0n) is 32.5. The quantitative estimate of drug-likeness (QED) is 0.0935. The zero-order chi connectivity index (χ0) is 38.0. The van der Waals surface area contributed by atoms with E-state index in [0.29, 0.717) is 32.8 Å². The van der Waals surface area contributed by atoms with Crippen LogP contribution in [0.1, 0.15) is 91.2 Å². The molecule has 2 saturated heterocycles. The molecule has 0 saturated carbocycles. The van der Waals surface area contributed by atoms with Crippen LogP contribution in [-0.4, -0.2) is 85.8 Å². The van der Waals surface area contributed by atoms with E-state index in [0.717, 1.165) is 54.7 Å². The minimum Gasteiger partial charge on any atom is -0.497 e. The molecule has 0 radical (unpaired) electrons. The van der Waals surface area contributed by atoms with Gasteiger partial charge in [-0.2, -0.15) is 0 Å². The molecular formula is C42H62O10. The molecule has 52 heavy (non-hydrogen) atoms. The van der Waals surface area contributed by atoms with Crippen LogP contribution in [0.4, 0.5) is 0 Å². The summed E-state index contributed by atoms with van der Waals surface area (Å²) in [5.74, 6) is 6.21. The molecule has 2 aromatic carbocycles. The van der Waals surface area contributed by atoms with E-state index in [-0.39, 0.29) is 18.3 Å². The van der Waals surface area contributed by atoms with Gasteiger partial charge < -0.3 is 48.1 Å². The third kappa shape index (κ3) is 15.2. The minimum atomic E-state index is -0.852. The fraction of sp³-hybridized carbons (Fsp3) is 0.619. The van der Waals surface area contributed by atoms with Crippen LogP contribution in [0.2, 0.25) is 0 Å². The highest BCUT2D eigenvalue weighted by Crippen LogP contribution is 2.33. The smallest absolute Gasteiger partial charge is 0.163 e. The molecule has 0 aromatic heterocycles. The number of benzene rings is 2. The lowest BCUT2D eigenvalue weighted by Gasteiger charge is -2.19. The molecule has 4 rings (SSSR count). The normalized spacial score (nSPS) is 23.0. The summed E-state index contributed by atoms with van der Waals surface area (Å²) in [6.07, 6.45) is 6.28. The number of aliphatic hydroxyl groups excluding tert-OH is 2. The summed E-state index contributed by atoms with van der Waals surface area (Å²) in [7, 11) is 3.30. The fourth-order valence-corrected chi connectivity index (χ4v) is 6.00. The van der Waals surface area contributed by atoms with E-state index in [1.54, 1.807) is 20.3 Å². The first kappa shape index (κ1) is 43.4. The number of hydrogen-bond acceptors (Lipinski definition) is 10. The van der Waals surface area contributed by atoms with E-state index < -0.39 is 29.9 Å². The Morgan fingerprint density at radius 1 is 0.712 bits per heavy atom. The maximum Gasteiger partial charge on any atom is 0.163 e.